The van der Waals surface area contributed by atoms with Gasteiger partial charge >= 0.3 is 0 Å². The molecule has 0 aliphatic heterocycles. The summed E-state index contributed by atoms with van der Waals surface area (Å²) >= 11 is 0. The van der Waals surface area contributed by atoms with Gasteiger partial charge in [0.05, 0.1) is 0 Å². The number of rotatable bonds is 4. The largest absolute Gasteiger partial charge is 0.367 e. The predicted octanol–water partition coefficient (Wildman–Crippen LogP) is 4.16. The van der Waals surface area contributed by atoms with E-state index < -0.39 is 0 Å². The molecule has 0 aromatic heterocycles. The first-order valence-corrected chi connectivity index (χ1v) is 6.25. The second-order valence-corrected chi connectivity index (χ2v) is 4.48. The first kappa shape index (κ1) is 12.6. The van der Waals surface area contributed by atoms with E-state index in [4.69, 9.17) is 0 Å². The van der Waals surface area contributed by atoms with Crippen LogP contribution in [-0.2, 0) is 6.54 Å². The summed E-state index contributed by atoms with van der Waals surface area (Å²) in [5.74, 6) is -0.183. The molecule has 2 heteroatoms. The Kier molecular flexibility index (Phi) is 3.98. The van der Waals surface area contributed by atoms with Crippen molar-refractivity contribution < 1.29 is 4.39 Å². The molecule has 18 heavy (non-hydrogen) atoms. The molecule has 0 atom stereocenters. The van der Waals surface area contributed by atoms with Gasteiger partial charge < -0.3 is 4.90 Å². The fourth-order valence-corrected chi connectivity index (χ4v) is 2.02. The average molecular weight is 243 g/mol. The SMILES string of the molecule is CCN(Cc1ccc(F)cc1)c1cccc(C)c1. The van der Waals surface area contributed by atoms with Crippen LogP contribution in [0.5, 0.6) is 0 Å². The van der Waals surface area contributed by atoms with Crippen molar-refractivity contribution in [1.29, 1.82) is 0 Å². The summed E-state index contributed by atoms with van der Waals surface area (Å²) < 4.78 is 12.9. The number of aryl methyl sites for hydroxylation is 1. The Balaban J connectivity index is 2.17. The van der Waals surface area contributed by atoms with Crippen LogP contribution in [0.25, 0.3) is 0 Å². The molecule has 2 aromatic carbocycles. The molecule has 0 spiro atoms. The molecule has 0 aliphatic carbocycles. The van der Waals surface area contributed by atoms with Crippen molar-refractivity contribution in [3.8, 4) is 0 Å². The summed E-state index contributed by atoms with van der Waals surface area (Å²) in [7, 11) is 0. The smallest absolute Gasteiger partial charge is 0.123 e. The van der Waals surface area contributed by atoms with Crippen molar-refractivity contribution in [3.63, 3.8) is 0 Å². The summed E-state index contributed by atoms with van der Waals surface area (Å²) in [5.41, 5.74) is 3.59. The highest BCUT2D eigenvalue weighted by Crippen LogP contribution is 2.18. The first-order chi connectivity index (χ1) is 8.69. The topological polar surface area (TPSA) is 3.24 Å². The summed E-state index contributed by atoms with van der Waals surface area (Å²) in [5, 5.41) is 0. The Hall–Kier alpha value is -1.83. The molecule has 0 fully saturated rings. The molecule has 0 heterocycles. The molecule has 94 valence electrons. The van der Waals surface area contributed by atoms with Crippen LogP contribution in [0.15, 0.2) is 48.5 Å². The number of anilines is 1. The molecule has 2 aromatic rings. The second-order valence-electron chi connectivity index (χ2n) is 4.48. The zero-order chi connectivity index (χ0) is 13.0. The summed E-state index contributed by atoms with van der Waals surface area (Å²) in [6, 6.07) is 15.2. The van der Waals surface area contributed by atoms with Gasteiger partial charge in [0.1, 0.15) is 5.82 Å². The average Bonchev–Trinajstić information content (AvgIpc) is 2.38. The van der Waals surface area contributed by atoms with Gasteiger partial charge in [0.25, 0.3) is 0 Å². The Morgan fingerprint density at radius 1 is 1.06 bits per heavy atom. The summed E-state index contributed by atoms with van der Waals surface area (Å²) in [6.45, 7) is 5.96. The van der Waals surface area contributed by atoms with Gasteiger partial charge in [-0.25, -0.2) is 4.39 Å². The van der Waals surface area contributed by atoms with Gasteiger partial charge in [-0.1, -0.05) is 24.3 Å². The monoisotopic (exact) mass is 243 g/mol. The lowest BCUT2D eigenvalue weighted by atomic mass is 10.1. The van der Waals surface area contributed by atoms with E-state index in [1.807, 2.05) is 12.1 Å². The van der Waals surface area contributed by atoms with Gasteiger partial charge in [0.15, 0.2) is 0 Å². The van der Waals surface area contributed by atoms with Crippen molar-refractivity contribution in [2.75, 3.05) is 11.4 Å². The van der Waals surface area contributed by atoms with Crippen molar-refractivity contribution in [2.45, 2.75) is 20.4 Å². The highest BCUT2D eigenvalue weighted by atomic mass is 19.1. The van der Waals surface area contributed by atoms with E-state index in [1.165, 1.54) is 23.4 Å². The second kappa shape index (κ2) is 5.67. The van der Waals surface area contributed by atoms with Crippen molar-refractivity contribution in [2.24, 2.45) is 0 Å². The molecule has 2 rings (SSSR count). The minimum absolute atomic E-state index is 0.183. The molecular weight excluding hydrogens is 225 g/mol. The van der Waals surface area contributed by atoms with Crippen molar-refractivity contribution in [1.82, 2.24) is 0 Å². The first-order valence-electron chi connectivity index (χ1n) is 6.25. The lowest BCUT2D eigenvalue weighted by molar-refractivity contribution is 0.626. The molecule has 0 radical (unpaired) electrons. The van der Waals surface area contributed by atoms with Crippen LogP contribution >= 0.6 is 0 Å². The van der Waals surface area contributed by atoms with Crippen LogP contribution in [0.4, 0.5) is 10.1 Å². The molecule has 0 unspecified atom stereocenters. The van der Waals surface area contributed by atoms with E-state index in [0.717, 1.165) is 18.7 Å². The van der Waals surface area contributed by atoms with Crippen LogP contribution in [0.3, 0.4) is 0 Å². The molecule has 0 aliphatic rings. The third-order valence-electron chi connectivity index (χ3n) is 3.04. The van der Waals surface area contributed by atoms with Crippen molar-refractivity contribution >= 4 is 5.69 Å². The van der Waals surface area contributed by atoms with Crippen LogP contribution in [0.2, 0.25) is 0 Å². The Labute approximate surface area is 108 Å². The zero-order valence-electron chi connectivity index (χ0n) is 10.9. The van der Waals surface area contributed by atoms with Gasteiger partial charge in [0, 0.05) is 18.8 Å². The van der Waals surface area contributed by atoms with Gasteiger partial charge in [0.2, 0.25) is 0 Å². The molecule has 0 saturated heterocycles. The Morgan fingerprint density at radius 3 is 2.39 bits per heavy atom. The maximum atomic E-state index is 12.9. The van der Waals surface area contributed by atoms with E-state index in [0.29, 0.717) is 0 Å². The third kappa shape index (κ3) is 3.10. The summed E-state index contributed by atoms with van der Waals surface area (Å²) in [6.07, 6.45) is 0. The summed E-state index contributed by atoms with van der Waals surface area (Å²) in [4.78, 5) is 2.28. The zero-order valence-corrected chi connectivity index (χ0v) is 10.9. The Morgan fingerprint density at radius 2 is 1.78 bits per heavy atom. The van der Waals surface area contributed by atoms with E-state index in [2.05, 4.69) is 43.0 Å². The van der Waals surface area contributed by atoms with Crippen LogP contribution in [-0.4, -0.2) is 6.54 Å². The fourth-order valence-electron chi connectivity index (χ4n) is 2.02. The van der Waals surface area contributed by atoms with E-state index >= 15 is 0 Å². The lowest BCUT2D eigenvalue weighted by Crippen LogP contribution is -2.21. The van der Waals surface area contributed by atoms with E-state index in [-0.39, 0.29) is 5.82 Å². The number of hydrogen-bond acceptors (Lipinski definition) is 1. The number of nitrogens with zero attached hydrogens (tertiary/aromatic N) is 1. The lowest BCUT2D eigenvalue weighted by Gasteiger charge is -2.23. The number of hydrogen-bond donors (Lipinski definition) is 0. The maximum Gasteiger partial charge on any atom is 0.123 e. The van der Waals surface area contributed by atoms with Crippen LogP contribution < -0.4 is 4.90 Å². The molecule has 0 N–H and O–H groups in total. The minimum Gasteiger partial charge on any atom is -0.367 e. The molecule has 0 amide bonds. The third-order valence-corrected chi connectivity index (χ3v) is 3.04. The molecular formula is C16H18FN. The predicted molar refractivity (Wildman–Crippen MR) is 74.3 cm³/mol. The van der Waals surface area contributed by atoms with Gasteiger partial charge in [-0.15, -0.1) is 0 Å². The highest BCUT2D eigenvalue weighted by molar-refractivity contribution is 5.48. The van der Waals surface area contributed by atoms with Crippen LogP contribution in [0, 0.1) is 12.7 Å². The normalized spacial score (nSPS) is 10.4. The molecule has 0 saturated carbocycles. The van der Waals surface area contributed by atoms with Gasteiger partial charge in [-0.3, -0.25) is 0 Å². The number of halogens is 1. The van der Waals surface area contributed by atoms with Crippen molar-refractivity contribution in [3.05, 3.63) is 65.5 Å². The van der Waals surface area contributed by atoms with E-state index in [9.17, 15) is 4.39 Å². The fraction of sp³-hybridized carbons (Fsp3) is 0.250. The standard InChI is InChI=1S/C16H18FN/c1-3-18(16-6-4-5-13(2)11-16)12-14-7-9-15(17)10-8-14/h4-11H,3,12H2,1-2H3. The molecule has 1 nitrogen and oxygen atoms in total. The quantitative estimate of drug-likeness (QED) is 0.779. The molecule has 0 bridgehead atoms. The van der Waals surface area contributed by atoms with Gasteiger partial charge in [-0.2, -0.15) is 0 Å². The van der Waals surface area contributed by atoms with Crippen LogP contribution in [0.1, 0.15) is 18.1 Å². The highest BCUT2D eigenvalue weighted by Gasteiger charge is 2.05. The minimum atomic E-state index is -0.183. The van der Waals surface area contributed by atoms with E-state index in [1.54, 1.807) is 0 Å². The van der Waals surface area contributed by atoms with Gasteiger partial charge in [-0.05, 0) is 49.2 Å². The number of benzene rings is 2. The maximum absolute atomic E-state index is 12.9. The Bertz CT molecular complexity index is 505.